The summed E-state index contributed by atoms with van der Waals surface area (Å²) >= 11 is 0. The Bertz CT molecular complexity index is 319. The Labute approximate surface area is 98.1 Å². The number of ether oxygens (including phenoxy) is 1. The number of esters is 1. The second-order valence-electron chi connectivity index (χ2n) is 6.13. The zero-order valence-electron chi connectivity index (χ0n) is 10.6. The zero-order valence-corrected chi connectivity index (χ0v) is 10.6. The summed E-state index contributed by atoms with van der Waals surface area (Å²) in [4.78, 5) is 11.6. The summed E-state index contributed by atoms with van der Waals surface area (Å²) in [6, 6.07) is 0. The minimum absolute atomic E-state index is 0.0543. The maximum Gasteiger partial charge on any atom is 0.306 e. The van der Waals surface area contributed by atoms with Crippen molar-refractivity contribution in [3.63, 3.8) is 0 Å². The van der Waals surface area contributed by atoms with Crippen molar-refractivity contribution >= 4 is 5.97 Å². The average Bonchev–Trinajstić information content (AvgIpc) is 2.14. The molecule has 0 bridgehead atoms. The minimum atomic E-state index is -0.392. The molecule has 0 radical (unpaired) electrons. The largest absolute Gasteiger partial charge is 0.454 e. The lowest BCUT2D eigenvalue weighted by Crippen LogP contribution is -2.56. The molecule has 2 fully saturated rings. The molecule has 2 heteroatoms. The van der Waals surface area contributed by atoms with Crippen molar-refractivity contribution in [2.24, 2.45) is 17.3 Å². The number of carbonyl (C=O) groups excluding carboxylic acids is 1. The Morgan fingerprint density at radius 1 is 1.44 bits per heavy atom. The quantitative estimate of drug-likeness (QED) is 0.502. The molecule has 0 amide bonds. The van der Waals surface area contributed by atoms with Crippen LogP contribution >= 0.6 is 0 Å². The monoisotopic (exact) mass is 222 g/mol. The van der Waals surface area contributed by atoms with Crippen molar-refractivity contribution in [1.82, 2.24) is 0 Å². The summed E-state index contributed by atoms with van der Waals surface area (Å²) in [6.45, 7) is 10.7. The van der Waals surface area contributed by atoms with E-state index in [4.69, 9.17) is 4.74 Å². The van der Waals surface area contributed by atoms with Gasteiger partial charge < -0.3 is 4.74 Å². The van der Waals surface area contributed by atoms with Gasteiger partial charge in [-0.3, -0.25) is 4.79 Å². The van der Waals surface area contributed by atoms with E-state index >= 15 is 0 Å². The Kier molecular flexibility index (Phi) is 2.64. The van der Waals surface area contributed by atoms with Gasteiger partial charge in [0.2, 0.25) is 0 Å². The van der Waals surface area contributed by atoms with Gasteiger partial charge in [0.25, 0.3) is 0 Å². The predicted molar refractivity (Wildman–Crippen MR) is 63.9 cm³/mol. The predicted octanol–water partition coefficient (Wildman–Crippen LogP) is 3.32. The van der Waals surface area contributed by atoms with Crippen molar-refractivity contribution in [3.05, 3.63) is 12.7 Å². The molecule has 0 N–H and O–H groups in total. The molecule has 1 aliphatic carbocycles. The molecule has 0 aromatic heterocycles. The van der Waals surface area contributed by atoms with E-state index in [1.54, 1.807) is 0 Å². The summed E-state index contributed by atoms with van der Waals surface area (Å²) in [5, 5.41) is 0. The summed E-state index contributed by atoms with van der Waals surface area (Å²) < 4.78 is 5.68. The SMILES string of the molecule is C=CC12CCCC(C)(C)C1C(C)CC(=O)O2. The van der Waals surface area contributed by atoms with Gasteiger partial charge in [-0.1, -0.05) is 27.4 Å². The highest BCUT2D eigenvalue weighted by molar-refractivity contribution is 5.71. The second-order valence-corrected chi connectivity index (χ2v) is 6.13. The summed E-state index contributed by atoms with van der Waals surface area (Å²) in [5.74, 6) is 0.764. The van der Waals surface area contributed by atoms with E-state index in [0.29, 0.717) is 18.3 Å². The normalized spacial score (nSPS) is 42.1. The van der Waals surface area contributed by atoms with Gasteiger partial charge in [0, 0.05) is 12.3 Å². The van der Waals surface area contributed by atoms with Crippen molar-refractivity contribution < 1.29 is 9.53 Å². The van der Waals surface area contributed by atoms with Crippen LogP contribution in [0.3, 0.4) is 0 Å². The summed E-state index contributed by atoms with van der Waals surface area (Å²) in [7, 11) is 0. The second kappa shape index (κ2) is 3.61. The van der Waals surface area contributed by atoms with Crippen molar-refractivity contribution in [3.8, 4) is 0 Å². The van der Waals surface area contributed by atoms with Crippen LogP contribution in [0.2, 0.25) is 0 Å². The van der Waals surface area contributed by atoms with Gasteiger partial charge in [0.1, 0.15) is 5.60 Å². The van der Waals surface area contributed by atoms with Crippen molar-refractivity contribution in [1.29, 1.82) is 0 Å². The van der Waals surface area contributed by atoms with Crippen LogP contribution in [-0.2, 0) is 9.53 Å². The summed E-state index contributed by atoms with van der Waals surface area (Å²) in [5.41, 5.74) is -0.150. The third-order valence-electron chi connectivity index (χ3n) is 4.46. The fourth-order valence-corrected chi connectivity index (χ4v) is 4.06. The smallest absolute Gasteiger partial charge is 0.306 e. The first kappa shape index (κ1) is 11.7. The van der Waals surface area contributed by atoms with Crippen molar-refractivity contribution in [2.75, 3.05) is 0 Å². The zero-order chi connectivity index (χ0) is 12.0. The van der Waals surface area contributed by atoms with E-state index in [2.05, 4.69) is 27.4 Å². The molecule has 0 aromatic rings. The van der Waals surface area contributed by atoms with E-state index in [0.717, 1.165) is 12.8 Å². The fraction of sp³-hybridized carbons (Fsp3) is 0.786. The van der Waals surface area contributed by atoms with Crippen LogP contribution in [0.4, 0.5) is 0 Å². The van der Waals surface area contributed by atoms with Gasteiger partial charge in [-0.15, -0.1) is 0 Å². The molecule has 16 heavy (non-hydrogen) atoms. The molecule has 2 aliphatic rings. The van der Waals surface area contributed by atoms with E-state index in [-0.39, 0.29) is 11.4 Å². The topological polar surface area (TPSA) is 26.3 Å². The van der Waals surface area contributed by atoms with Crippen LogP contribution in [0.15, 0.2) is 12.7 Å². The molecule has 90 valence electrons. The lowest BCUT2D eigenvalue weighted by atomic mass is 9.56. The van der Waals surface area contributed by atoms with E-state index < -0.39 is 5.60 Å². The number of hydrogen-bond acceptors (Lipinski definition) is 2. The number of hydrogen-bond donors (Lipinski definition) is 0. The molecule has 1 heterocycles. The van der Waals surface area contributed by atoms with Gasteiger partial charge in [0.15, 0.2) is 0 Å². The van der Waals surface area contributed by atoms with Crippen LogP contribution in [0.25, 0.3) is 0 Å². The highest BCUT2D eigenvalue weighted by atomic mass is 16.6. The molecule has 2 rings (SSSR count). The number of fused-ring (bicyclic) bond motifs is 1. The number of rotatable bonds is 1. The Hall–Kier alpha value is -0.790. The van der Waals surface area contributed by atoms with E-state index in [9.17, 15) is 4.79 Å². The Morgan fingerprint density at radius 3 is 2.75 bits per heavy atom. The first-order chi connectivity index (χ1) is 7.41. The van der Waals surface area contributed by atoms with Gasteiger partial charge in [-0.25, -0.2) is 0 Å². The first-order valence-electron chi connectivity index (χ1n) is 6.27. The van der Waals surface area contributed by atoms with Gasteiger partial charge in [0.05, 0.1) is 0 Å². The average molecular weight is 222 g/mol. The van der Waals surface area contributed by atoms with Crippen LogP contribution in [0, 0.1) is 17.3 Å². The Morgan fingerprint density at radius 2 is 2.12 bits per heavy atom. The highest BCUT2D eigenvalue weighted by Gasteiger charge is 2.55. The highest BCUT2D eigenvalue weighted by Crippen LogP contribution is 2.54. The van der Waals surface area contributed by atoms with Crippen LogP contribution in [0.1, 0.15) is 46.5 Å². The standard InChI is InChI=1S/C14H22O2/c1-5-14-8-6-7-13(3,4)12(14)10(2)9-11(15)16-14/h5,10,12H,1,6-9H2,2-4H3. The molecule has 1 aliphatic heterocycles. The molecular weight excluding hydrogens is 200 g/mol. The molecule has 3 unspecified atom stereocenters. The minimum Gasteiger partial charge on any atom is -0.454 e. The third kappa shape index (κ3) is 1.59. The molecule has 3 atom stereocenters. The van der Waals surface area contributed by atoms with Gasteiger partial charge >= 0.3 is 5.97 Å². The fourth-order valence-electron chi connectivity index (χ4n) is 4.06. The molecular formula is C14H22O2. The molecule has 0 aromatic carbocycles. The van der Waals surface area contributed by atoms with Gasteiger partial charge in [-0.2, -0.15) is 0 Å². The van der Waals surface area contributed by atoms with Crippen LogP contribution in [0.5, 0.6) is 0 Å². The first-order valence-corrected chi connectivity index (χ1v) is 6.27. The molecule has 0 spiro atoms. The number of carbonyl (C=O) groups is 1. The lowest BCUT2D eigenvalue weighted by Gasteiger charge is -2.55. The Balaban J connectivity index is 2.41. The van der Waals surface area contributed by atoms with Gasteiger partial charge in [-0.05, 0) is 36.7 Å². The van der Waals surface area contributed by atoms with Crippen molar-refractivity contribution in [2.45, 2.75) is 52.1 Å². The molecule has 1 saturated carbocycles. The van der Waals surface area contributed by atoms with Crippen LogP contribution < -0.4 is 0 Å². The molecule has 2 nitrogen and oxygen atoms in total. The summed E-state index contributed by atoms with van der Waals surface area (Å²) in [6.07, 6.45) is 5.72. The molecule has 1 saturated heterocycles. The maximum atomic E-state index is 11.6. The van der Waals surface area contributed by atoms with E-state index in [1.807, 2.05) is 6.08 Å². The maximum absolute atomic E-state index is 11.6. The lowest BCUT2D eigenvalue weighted by molar-refractivity contribution is -0.192. The van der Waals surface area contributed by atoms with Crippen LogP contribution in [-0.4, -0.2) is 11.6 Å². The third-order valence-corrected chi connectivity index (χ3v) is 4.46. The van der Waals surface area contributed by atoms with E-state index in [1.165, 1.54) is 6.42 Å².